The molecule has 8 heteroatoms. The number of anilines is 1. The number of pyridine rings is 1. The molecule has 0 saturated heterocycles. The number of benzene rings is 2. The van der Waals surface area contributed by atoms with Crippen LogP contribution in [0.3, 0.4) is 0 Å². The Morgan fingerprint density at radius 3 is 2.45 bits per heavy atom. The van der Waals surface area contributed by atoms with E-state index in [0.29, 0.717) is 41.6 Å². The number of para-hydroxylation sites is 1. The van der Waals surface area contributed by atoms with E-state index in [2.05, 4.69) is 15.3 Å². The molecular weight excluding hydrogens is 436 g/mol. The minimum atomic E-state index is -0.299. The van der Waals surface area contributed by atoms with Crippen LogP contribution in [0, 0.1) is 0 Å². The number of amides is 2. The SMILES string of the molecule is O=C(Nc1nc2c(s1)CN(C(=O)c1ccc(Oc3ccccc3)cc1)CC2)c1ccccn1. The van der Waals surface area contributed by atoms with Crippen molar-refractivity contribution in [1.82, 2.24) is 14.9 Å². The van der Waals surface area contributed by atoms with Crippen LogP contribution in [-0.2, 0) is 13.0 Å². The third-order valence-corrected chi connectivity index (χ3v) is 6.21. The maximum Gasteiger partial charge on any atom is 0.276 e. The Kier molecular flexibility index (Phi) is 5.82. The Bertz CT molecular complexity index is 1270. The lowest BCUT2D eigenvalue weighted by molar-refractivity contribution is 0.0736. The van der Waals surface area contributed by atoms with Gasteiger partial charge in [0.05, 0.1) is 12.2 Å². The third-order valence-electron chi connectivity index (χ3n) is 5.22. The number of fused-ring (bicyclic) bond motifs is 1. The zero-order chi connectivity index (χ0) is 22.6. The van der Waals surface area contributed by atoms with E-state index in [1.165, 1.54) is 11.3 Å². The summed E-state index contributed by atoms with van der Waals surface area (Å²) in [5.74, 6) is 1.08. The average molecular weight is 457 g/mol. The number of carbonyl (C=O) groups excluding carboxylic acids is 2. The second kappa shape index (κ2) is 9.22. The van der Waals surface area contributed by atoms with Gasteiger partial charge in [0, 0.05) is 29.6 Å². The zero-order valence-corrected chi connectivity index (χ0v) is 18.4. The molecular formula is C25H20N4O3S. The molecule has 0 spiro atoms. The Labute approximate surface area is 194 Å². The summed E-state index contributed by atoms with van der Waals surface area (Å²) in [5.41, 5.74) is 1.86. The number of rotatable bonds is 5. The Morgan fingerprint density at radius 2 is 1.70 bits per heavy atom. The molecule has 5 rings (SSSR count). The summed E-state index contributed by atoms with van der Waals surface area (Å²) in [6.45, 7) is 1.04. The monoisotopic (exact) mass is 456 g/mol. The minimum absolute atomic E-state index is 0.0422. The molecule has 0 atom stereocenters. The molecule has 0 radical (unpaired) electrons. The first kappa shape index (κ1) is 20.8. The quantitative estimate of drug-likeness (QED) is 0.467. The van der Waals surface area contributed by atoms with Gasteiger partial charge in [-0.05, 0) is 48.5 Å². The van der Waals surface area contributed by atoms with Gasteiger partial charge in [0.2, 0.25) is 0 Å². The number of carbonyl (C=O) groups is 2. The number of hydrogen-bond acceptors (Lipinski definition) is 6. The van der Waals surface area contributed by atoms with E-state index in [4.69, 9.17) is 4.74 Å². The normalized spacial score (nSPS) is 12.7. The Balaban J connectivity index is 1.23. The van der Waals surface area contributed by atoms with E-state index in [1.807, 2.05) is 30.3 Å². The lowest BCUT2D eigenvalue weighted by Crippen LogP contribution is -2.35. The largest absolute Gasteiger partial charge is 0.457 e. The second-order valence-electron chi connectivity index (χ2n) is 7.47. The first-order chi connectivity index (χ1) is 16.2. The van der Waals surface area contributed by atoms with Crippen molar-refractivity contribution in [2.24, 2.45) is 0 Å². The van der Waals surface area contributed by atoms with Crippen molar-refractivity contribution in [3.8, 4) is 11.5 Å². The lowest BCUT2D eigenvalue weighted by Gasteiger charge is -2.26. The molecule has 0 aliphatic carbocycles. The number of ether oxygens (including phenoxy) is 1. The maximum atomic E-state index is 13.0. The smallest absolute Gasteiger partial charge is 0.276 e. The van der Waals surface area contributed by atoms with E-state index in [0.717, 1.165) is 16.3 Å². The van der Waals surface area contributed by atoms with E-state index in [1.54, 1.807) is 53.6 Å². The van der Waals surface area contributed by atoms with Crippen molar-refractivity contribution in [2.45, 2.75) is 13.0 Å². The molecule has 1 N–H and O–H groups in total. The molecule has 3 heterocycles. The van der Waals surface area contributed by atoms with Crippen LogP contribution < -0.4 is 10.1 Å². The number of aromatic nitrogens is 2. The molecule has 7 nitrogen and oxygen atoms in total. The van der Waals surface area contributed by atoms with Crippen LogP contribution in [0.1, 0.15) is 31.4 Å². The van der Waals surface area contributed by atoms with Gasteiger partial charge in [-0.3, -0.25) is 19.9 Å². The van der Waals surface area contributed by atoms with E-state index >= 15 is 0 Å². The predicted molar refractivity (Wildman–Crippen MR) is 126 cm³/mol. The predicted octanol–water partition coefficient (Wildman–Crippen LogP) is 4.78. The molecule has 0 bridgehead atoms. The maximum absolute atomic E-state index is 13.0. The van der Waals surface area contributed by atoms with Gasteiger partial charge >= 0.3 is 0 Å². The van der Waals surface area contributed by atoms with Crippen LogP contribution in [0.5, 0.6) is 11.5 Å². The number of nitrogens with one attached hydrogen (secondary N) is 1. The summed E-state index contributed by atoms with van der Waals surface area (Å²) in [6.07, 6.45) is 2.22. The molecule has 0 unspecified atom stereocenters. The van der Waals surface area contributed by atoms with Crippen molar-refractivity contribution in [2.75, 3.05) is 11.9 Å². The van der Waals surface area contributed by atoms with Crippen LogP contribution in [0.4, 0.5) is 5.13 Å². The second-order valence-corrected chi connectivity index (χ2v) is 8.56. The number of thiazole rings is 1. The summed E-state index contributed by atoms with van der Waals surface area (Å²) < 4.78 is 5.80. The molecule has 1 aliphatic heterocycles. The highest BCUT2D eigenvalue weighted by Crippen LogP contribution is 2.29. The Hall–Kier alpha value is -4.04. The molecule has 1 aliphatic rings. The van der Waals surface area contributed by atoms with E-state index in [9.17, 15) is 9.59 Å². The number of hydrogen-bond donors (Lipinski definition) is 1. The molecule has 33 heavy (non-hydrogen) atoms. The van der Waals surface area contributed by atoms with Gasteiger partial charge < -0.3 is 9.64 Å². The fourth-order valence-corrected chi connectivity index (χ4v) is 4.57. The molecule has 164 valence electrons. The Morgan fingerprint density at radius 1 is 0.939 bits per heavy atom. The third kappa shape index (κ3) is 4.75. The van der Waals surface area contributed by atoms with Crippen molar-refractivity contribution in [3.63, 3.8) is 0 Å². The van der Waals surface area contributed by atoms with Crippen molar-refractivity contribution in [1.29, 1.82) is 0 Å². The summed E-state index contributed by atoms with van der Waals surface area (Å²) in [6, 6.07) is 21.8. The van der Waals surface area contributed by atoms with Crippen LogP contribution in [0.2, 0.25) is 0 Å². The van der Waals surface area contributed by atoms with Crippen molar-refractivity contribution >= 4 is 28.3 Å². The first-order valence-corrected chi connectivity index (χ1v) is 11.3. The summed E-state index contributed by atoms with van der Waals surface area (Å²) >= 11 is 1.39. The van der Waals surface area contributed by atoms with Crippen molar-refractivity contribution < 1.29 is 14.3 Å². The standard InChI is InChI=1S/C25H20N4O3S/c30-23(21-8-4-5-14-26-21)28-25-27-20-13-15-29(16-22(20)33-25)24(31)17-9-11-19(12-10-17)32-18-6-2-1-3-7-18/h1-12,14H,13,15-16H2,(H,27,28,30). The summed E-state index contributed by atoms with van der Waals surface area (Å²) in [7, 11) is 0. The highest BCUT2D eigenvalue weighted by Gasteiger charge is 2.25. The molecule has 0 fully saturated rings. The van der Waals surface area contributed by atoms with Crippen LogP contribution in [0.25, 0.3) is 0 Å². The van der Waals surface area contributed by atoms with Gasteiger partial charge in [-0.25, -0.2) is 4.98 Å². The molecule has 2 aromatic heterocycles. The summed E-state index contributed by atoms with van der Waals surface area (Å²) in [5, 5.41) is 3.33. The highest BCUT2D eigenvalue weighted by atomic mass is 32.1. The minimum Gasteiger partial charge on any atom is -0.457 e. The lowest BCUT2D eigenvalue weighted by atomic mass is 10.1. The summed E-state index contributed by atoms with van der Waals surface area (Å²) in [4.78, 5) is 36.8. The first-order valence-electron chi connectivity index (χ1n) is 10.5. The molecule has 2 amide bonds. The van der Waals surface area contributed by atoms with Gasteiger partial charge in [0.25, 0.3) is 11.8 Å². The van der Waals surface area contributed by atoms with E-state index < -0.39 is 0 Å². The van der Waals surface area contributed by atoms with E-state index in [-0.39, 0.29) is 11.8 Å². The van der Waals surface area contributed by atoms with Gasteiger partial charge in [-0.1, -0.05) is 35.6 Å². The molecule has 2 aromatic carbocycles. The number of nitrogens with zero attached hydrogens (tertiary/aromatic N) is 3. The van der Waals surface area contributed by atoms with Crippen LogP contribution in [-0.4, -0.2) is 33.2 Å². The fourth-order valence-electron chi connectivity index (χ4n) is 3.55. The van der Waals surface area contributed by atoms with Gasteiger partial charge in [-0.15, -0.1) is 0 Å². The van der Waals surface area contributed by atoms with Crippen LogP contribution >= 0.6 is 11.3 Å². The van der Waals surface area contributed by atoms with Gasteiger partial charge in [0.1, 0.15) is 17.2 Å². The highest BCUT2D eigenvalue weighted by molar-refractivity contribution is 7.15. The topological polar surface area (TPSA) is 84.4 Å². The van der Waals surface area contributed by atoms with Gasteiger partial charge in [-0.2, -0.15) is 0 Å². The van der Waals surface area contributed by atoms with Crippen molar-refractivity contribution in [3.05, 3.63) is 101 Å². The average Bonchev–Trinajstić information content (AvgIpc) is 3.26. The molecule has 4 aromatic rings. The fraction of sp³-hybridized carbons (Fsp3) is 0.120. The molecule has 0 saturated carbocycles. The van der Waals surface area contributed by atoms with Crippen LogP contribution in [0.15, 0.2) is 79.0 Å². The zero-order valence-electron chi connectivity index (χ0n) is 17.6. The van der Waals surface area contributed by atoms with Gasteiger partial charge in [0.15, 0.2) is 5.13 Å².